The summed E-state index contributed by atoms with van der Waals surface area (Å²) in [4.78, 5) is 9.18. The Kier molecular flexibility index (Phi) is 4.57. The van der Waals surface area contributed by atoms with Gasteiger partial charge in [0.25, 0.3) is 0 Å². The Labute approximate surface area is 151 Å². The van der Waals surface area contributed by atoms with Gasteiger partial charge in [0, 0.05) is 12.3 Å². The van der Waals surface area contributed by atoms with Crippen LogP contribution in [0.4, 0.5) is 0 Å². The van der Waals surface area contributed by atoms with E-state index in [-0.39, 0.29) is 0 Å². The molecule has 7 heteroatoms. The number of para-hydroxylation sites is 1. The largest absolute Gasteiger partial charge is 0.338 e. The van der Waals surface area contributed by atoms with Crippen LogP contribution < -0.4 is 0 Å². The van der Waals surface area contributed by atoms with Crippen LogP contribution in [-0.4, -0.2) is 24.9 Å². The van der Waals surface area contributed by atoms with Crippen LogP contribution in [0.5, 0.6) is 0 Å². The molecule has 25 heavy (non-hydrogen) atoms. The fraction of sp³-hybridized carbons (Fsp3) is 0.444. The molecule has 0 saturated heterocycles. The summed E-state index contributed by atoms with van der Waals surface area (Å²) >= 11 is 1.54. The van der Waals surface area contributed by atoms with Crippen molar-refractivity contribution in [2.24, 2.45) is 5.92 Å². The van der Waals surface area contributed by atoms with Gasteiger partial charge in [-0.15, -0.1) is 5.10 Å². The lowest BCUT2D eigenvalue weighted by Gasteiger charge is -2.03. The minimum absolute atomic E-state index is 0.516. The molecule has 0 bridgehead atoms. The van der Waals surface area contributed by atoms with Crippen molar-refractivity contribution in [3.8, 4) is 5.69 Å². The van der Waals surface area contributed by atoms with Crippen LogP contribution in [0.25, 0.3) is 5.69 Å². The van der Waals surface area contributed by atoms with Crippen molar-refractivity contribution in [3.63, 3.8) is 0 Å². The zero-order valence-corrected chi connectivity index (χ0v) is 15.2. The van der Waals surface area contributed by atoms with Gasteiger partial charge >= 0.3 is 0 Å². The highest BCUT2D eigenvalue weighted by molar-refractivity contribution is 7.98. The molecule has 1 aromatic carbocycles. The summed E-state index contributed by atoms with van der Waals surface area (Å²) in [5, 5.41) is 9.48. The van der Waals surface area contributed by atoms with Gasteiger partial charge in [-0.1, -0.05) is 49.0 Å². The molecule has 2 heterocycles. The first kappa shape index (κ1) is 16.3. The molecular formula is C18H21N5OS. The number of hydrogen-bond acceptors (Lipinski definition) is 6. The highest BCUT2D eigenvalue weighted by Crippen LogP contribution is 2.40. The molecule has 3 aromatic rings. The molecule has 0 unspecified atom stereocenters. The zero-order valence-electron chi connectivity index (χ0n) is 14.4. The molecule has 0 aliphatic heterocycles. The maximum absolute atomic E-state index is 5.32. The maximum Gasteiger partial charge on any atom is 0.237 e. The third kappa shape index (κ3) is 3.92. The Balaban J connectivity index is 1.48. The molecule has 1 aliphatic carbocycles. The van der Waals surface area contributed by atoms with Crippen LogP contribution in [0, 0.1) is 5.92 Å². The average molecular weight is 355 g/mol. The number of benzene rings is 1. The molecule has 6 nitrogen and oxygen atoms in total. The second-order valence-electron chi connectivity index (χ2n) is 6.77. The van der Waals surface area contributed by atoms with Crippen LogP contribution >= 0.6 is 11.8 Å². The highest BCUT2D eigenvalue weighted by atomic mass is 32.2. The number of aromatic nitrogens is 5. The molecule has 0 radical (unpaired) electrons. The van der Waals surface area contributed by atoms with E-state index in [1.807, 2.05) is 22.9 Å². The van der Waals surface area contributed by atoms with Crippen LogP contribution in [0.15, 0.2) is 40.0 Å². The SMILES string of the molecule is CC(C)Cc1noc(CSc2nc(C3CC3)n(-c3ccccc3)n2)n1. The third-order valence-electron chi connectivity index (χ3n) is 3.98. The molecule has 1 fully saturated rings. The lowest BCUT2D eigenvalue weighted by atomic mass is 10.1. The average Bonchev–Trinajstić information content (AvgIpc) is 3.21. The summed E-state index contributed by atoms with van der Waals surface area (Å²) in [5.41, 5.74) is 1.06. The molecule has 0 N–H and O–H groups in total. The van der Waals surface area contributed by atoms with Gasteiger partial charge in [-0.25, -0.2) is 9.67 Å². The second-order valence-corrected chi connectivity index (χ2v) is 7.71. The Bertz CT molecular complexity index is 838. The van der Waals surface area contributed by atoms with E-state index in [1.54, 1.807) is 11.8 Å². The van der Waals surface area contributed by atoms with Gasteiger partial charge in [0.2, 0.25) is 11.0 Å². The summed E-state index contributed by atoms with van der Waals surface area (Å²) in [6, 6.07) is 10.2. The van der Waals surface area contributed by atoms with E-state index in [4.69, 9.17) is 14.6 Å². The van der Waals surface area contributed by atoms with Crippen LogP contribution in [-0.2, 0) is 12.2 Å². The number of rotatable bonds is 7. The normalized spacial score (nSPS) is 14.4. The van der Waals surface area contributed by atoms with E-state index in [0.29, 0.717) is 23.5 Å². The Morgan fingerprint density at radius 1 is 1.20 bits per heavy atom. The molecule has 0 amide bonds. The summed E-state index contributed by atoms with van der Waals surface area (Å²) in [7, 11) is 0. The summed E-state index contributed by atoms with van der Waals surface area (Å²) in [5.74, 6) is 4.09. The quantitative estimate of drug-likeness (QED) is 0.596. The molecule has 4 rings (SSSR count). The van der Waals surface area contributed by atoms with E-state index in [1.165, 1.54) is 12.8 Å². The monoisotopic (exact) mass is 355 g/mol. The second kappa shape index (κ2) is 7.00. The Hall–Kier alpha value is -2.15. The fourth-order valence-corrected chi connectivity index (χ4v) is 3.32. The van der Waals surface area contributed by atoms with Crippen molar-refractivity contribution in [1.82, 2.24) is 24.9 Å². The molecule has 1 saturated carbocycles. The topological polar surface area (TPSA) is 69.6 Å². The Morgan fingerprint density at radius 3 is 2.72 bits per heavy atom. The first-order valence-corrected chi connectivity index (χ1v) is 9.64. The molecular weight excluding hydrogens is 334 g/mol. The fourth-order valence-electron chi connectivity index (χ4n) is 2.65. The molecule has 2 aromatic heterocycles. The van der Waals surface area contributed by atoms with Crippen molar-refractivity contribution < 1.29 is 4.52 Å². The lowest BCUT2D eigenvalue weighted by Crippen LogP contribution is -2.01. The van der Waals surface area contributed by atoms with Gasteiger partial charge in [-0.3, -0.25) is 0 Å². The van der Waals surface area contributed by atoms with Crippen molar-refractivity contribution >= 4 is 11.8 Å². The maximum atomic E-state index is 5.32. The molecule has 0 atom stereocenters. The minimum Gasteiger partial charge on any atom is -0.338 e. The number of nitrogens with zero attached hydrogens (tertiary/aromatic N) is 5. The van der Waals surface area contributed by atoms with Crippen molar-refractivity contribution in [1.29, 1.82) is 0 Å². The lowest BCUT2D eigenvalue weighted by molar-refractivity contribution is 0.382. The van der Waals surface area contributed by atoms with Crippen LogP contribution in [0.1, 0.15) is 50.1 Å². The van der Waals surface area contributed by atoms with Crippen LogP contribution in [0.3, 0.4) is 0 Å². The first-order chi connectivity index (χ1) is 12.2. The van der Waals surface area contributed by atoms with E-state index < -0.39 is 0 Å². The number of thioether (sulfide) groups is 1. The summed E-state index contributed by atoms with van der Waals surface area (Å²) in [6.45, 7) is 4.29. The molecule has 1 aliphatic rings. The number of hydrogen-bond donors (Lipinski definition) is 0. The first-order valence-electron chi connectivity index (χ1n) is 8.65. The summed E-state index contributed by atoms with van der Waals surface area (Å²) in [6.07, 6.45) is 3.22. The smallest absolute Gasteiger partial charge is 0.237 e. The van der Waals surface area contributed by atoms with E-state index in [0.717, 1.165) is 28.9 Å². The van der Waals surface area contributed by atoms with Gasteiger partial charge in [-0.2, -0.15) is 4.98 Å². The Morgan fingerprint density at radius 2 is 2.00 bits per heavy atom. The zero-order chi connectivity index (χ0) is 17.2. The predicted octanol–water partition coefficient (Wildman–Crippen LogP) is 4.02. The van der Waals surface area contributed by atoms with Crippen molar-refractivity contribution in [3.05, 3.63) is 47.9 Å². The predicted molar refractivity (Wildman–Crippen MR) is 95.7 cm³/mol. The summed E-state index contributed by atoms with van der Waals surface area (Å²) < 4.78 is 7.29. The van der Waals surface area contributed by atoms with Gasteiger partial charge in [0.15, 0.2) is 5.82 Å². The standard InChI is InChI=1S/C18H21N5OS/c1-12(2)10-15-19-16(24-22-15)11-25-18-20-17(13-8-9-13)23(21-18)14-6-4-3-5-7-14/h3-7,12-13H,8-11H2,1-2H3. The van der Waals surface area contributed by atoms with Crippen LogP contribution in [0.2, 0.25) is 0 Å². The van der Waals surface area contributed by atoms with Crippen molar-refractivity contribution in [2.75, 3.05) is 0 Å². The third-order valence-corrected chi connectivity index (χ3v) is 4.80. The van der Waals surface area contributed by atoms with E-state index in [2.05, 4.69) is 36.1 Å². The minimum atomic E-state index is 0.516. The van der Waals surface area contributed by atoms with Crippen molar-refractivity contribution in [2.45, 2.75) is 49.9 Å². The molecule has 130 valence electrons. The van der Waals surface area contributed by atoms with Gasteiger partial charge < -0.3 is 4.52 Å². The van der Waals surface area contributed by atoms with Gasteiger partial charge in [0.05, 0.1) is 11.4 Å². The van der Waals surface area contributed by atoms with E-state index >= 15 is 0 Å². The highest BCUT2D eigenvalue weighted by Gasteiger charge is 2.30. The van der Waals surface area contributed by atoms with E-state index in [9.17, 15) is 0 Å². The van der Waals surface area contributed by atoms with Gasteiger partial charge in [0.1, 0.15) is 5.82 Å². The van der Waals surface area contributed by atoms with Gasteiger partial charge in [-0.05, 0) is 30.9 Å². The molecule has 0 spiro atoms.